The fourth-order valence-corrected chi connectivity index (χ4v) is 4.12. The fourth-order valence-electron chi connectivity index (χ4n) is 3.83. The summed E-state index contributed by atoms with van der Waals surface area (Å²) < 4.78 is 1.84. The first-order chi connectivity index (χ1) is 16.6. The van der Waals surface area contributed by atoms with Crippen LogP contribution in [0.15, 0.2) is 47.6 Å². The normalized spacial score (nSPS) is 13.7. The number of carbonyl (C=O) groups is 1. The average molecular weight is 494 g/mol. The number of aliphatic imine (C=N–C) groups is 1. The Balaban J connectivity index is 1.73. The van der Waals surface area contributed by atoms with Crippen LogP contribution >= 0.6 is 11.6 Å². The Morgan fingerprint density at radius 2 is 1.89 bits per heavy atom. The van der Waals surface area contributed by atoms with Crippen LogP contribution in [0.3, 0.4) is 0 Å². The molecule has 0 saturated heterocycles. The molecule has 184 valence electrons. The molecule has 1 aliphatic rings. The Kier molecular flexibility index (Phi) is 7.23. The lowest BCUT2D eigenvalue weighted by atomic mass is 10.1. The number of rotatable bonds is 7. The molecule has 0 fully saturated rings. The molecular formula is C26H32ClN7O. The molecule has 1 aromatic heterocycles. The van der Waals surface area contributed by atoms with Crippen molar-refractivity contribution in [3.63, 3.8) is 0 Å². The number of anilines is 2. The fraction of sp³-hybridized carbons (Fsp3) is 0.385. The number of fused-ring (bicyclic) bond motifs is 1. The summed E-state index contributed by atoms with van der Waals surface area (Å²) in [6.07, 6.45) is 1.94. The van der Waals surface area contributed by atoms with Gasteiger partial charge in [0.2, 0.25) is 5.91 Å². The van der Waals surface area contributed by atoms with Crippen molar-refractivity contribution in [1.82, 2.24) is 19.9 Å². The van der Waals surface area contributed by atoms with E-state index in [2.05, 4.69) is 60.2 Å². The third kappa shape index (κ3) is 5.39. The second-order valence-electron chi connectivity index (χ2n) is 9.51. The number of halogens is 1. The molecule has 2 aromatic carbocycles. The Hall–Kier alpha value is -3.23. The summed E-state index contributed by atoms with van der Waals surface area (Å²) in [6, 6.07) is 12.3. The minimum absolute atomic E-state index is 0.131. The summed E-state index contributed by atoms with van der Waals surface area (Å²) in [6.45, 7) is 9.22. The van der Waals surface area contributed by atoms with Gasteiger partial charge in [-0.05, 0) is 64.6 Å². The van der Waals surface area contributed by atoms with Crippen LogP contribution in [0.4, 0.5) is 17.1 Å². The van der Waals surface area contributed by atoms with Crippen molar-refractivity contribution in [3.8, 4) is 5.69 Å². The number of hydrogen-bond donors (Lipinski definition) is 1. The molecule has 0 saturated carbocycles. The van der Waals surface area contributed by atoms with Gasteiger partial charge in [0.05, 0.1) is 51.8 Å². The summed E-state index contributed by atoms with van der Waals surface area (Å²) in [7, 11) is 4.07. The number of carbonyl (C=O) groups excluding carboxylic acids is 1. The highest BCUT2D eigenvalue weighted by molar-refractivity contribution is 6.34. The molecule has 8 nitrogen and oxygen atoms in total. The molecule has 0 atom stereocenters. The molecule has 1 N–H and O–H groups in total. The highest BCUT2D eigenvalue weighted by Crippen LogP contribution is 2.39. The summed E-state index contributed by atoms with van der Waals surface area (Å²) in [5.74, 6) is -0.131. The zero-order valence-corrected chi connectivity index (χ0v) is 21.8. The first kappa shape index (κ1) is 24.9. The van der Waals surface area contributed by atoms with Crippen LogP contribution in [-0.4, -0.2) is 57.7 Å². The standard InChI is InChI=1S/C26H32ClN7O/c1-16(2)32(5)15-20-14-28-31-34(20)19-9-7-8-18(10-19)22-13-26(35)30-23-11-21(27)25(12-24(23)29-22)33(6)17(3)4/h7-12,14,16-17H,13,15H2,1-6H3,(H,30,35). The van der Waals surface area contributed by atoms with Crippen LogP contribution in [0.25, 0.3) is 5.69 Å². The number of nitrogens with one attached hydrogen (secondary N) is 1. The van der Waals surface area contributed by atoms with Gasteiger partial charge in [-0.25, -0.2) is 4.68 Å². The lowest BCUT2D eigenvalue weighted by Gasteiger charge is -2.25. The van der Waals surface area contributed by atoms with E-state index in [1.165, 1.54) is 0 Å². The maximum Gasteiger partial charge on any atom is 0.230 e. The minimum Gasteiger partial charge on any atom is -0.371 e. The van der Waals surface area contributed by atoms with Gasteiger partial charge in [0, 0.05) is 25.7 Å². The molecule has 1 amide bonds. The lowest BCUT2D eigenvalue weighted by Crippen LogP contribution is -2.26. The van der Waals surface area contributed by atoms with E-state index in [0.29, 0.717) is 28.2 Å². The van der Waals surface area contributed by atoms with Gasteiger partial charge in [0.1, 0.15) is 0 Å². The first-order valence-corrected chi connectivity index (χ1v) is 12.2. The van der Waals surface area contributed by atoms with Gasteiger partial charge < -0.3 is 10.2 Å². The molecule has 4 rings (SSSR count). The van der Waals surface area contributed by atoms with E-state index in [0.717, 1.165) is 29.2 Å². The lowest BCUT2D eigenvalue weighted by molar-refractivity contribution is -0.115. The Morgan fingerprint density at radius 1 is 1.11 bits per heavy atom. The first-order valence-electron chi connectivity index (χ1n) is 11.8. The van der Waals surface area contributed by atoms with Gasteiger partial charge in [0.15, 0.2) is 0 Å². The van der Waals surface area contributed by atoms with Gasteiger partial charge in [-0.1, -0.05) is 28.9 Å². The van der Waals surface area contributed by atoms with Gasteiger partial charge >= 0.3 is 0 Å². The number of nitrogens with zero attached hydrogens (tertiary/aromatic N) is 6. The average Bonchev–Trinajstić information content (AvgIpc) is 3.20. The van der Waals surface area contributed by atoms with Crippen LogP contribution in [-0.2, 0) is 11.3 Å². The van der Waals surface area contributed by atoms with Crippen molar-refractivity contribution < 1.29 is 4.79 Å². The molecule has 3 aromatic rings. The molecule has 0 radical (unpaired) electrons. The molecule has 0 aliphatic carbocycles. The third-order valence-electron chi connectivity index (χ3n) is 6.41. The number of hydrogen-bond acceptors (Lipinski definition) is 6. The summed E-state index contributed by atoms with van der Waals surface area (Å²) in [5, 5.41) is 12.0. The monoisotopic (exact) mass is 493 g/mol. The summed E-state index contributed by atoms with van der Waals surface area (Å²) >= 11 is 6.54. The van der Waals surface area contributed by atoms with Gasteiger partial charge in [0.25, 0.3) is 0 Å². The maximum atomic E-state index is 12.7. The summed E-state index contributed by atoms with van der Waals surface area (Å²) in [5.41, 5.74) is 5.57. The van der Waals surface area contributed by atoms with Crippen LogP contribution in [0.2, 0.25) is 5.02 Å². The van der Waals surface area contributed by atoms with Gasteiger partial charge in [-0.2, -0.15) is 0 Å². The SMILES string of the molecule is CC(C)N(C)Cc1cnnn1-c1cccc(C2=Nc3cc(N(C)C(C)C)c(Cl)cc3NC(=O)C2)c1. The van der Waals surface area contributed by atoms with Crippen LogP contribution in [0.5, 0.6) is 0 Å². The van der Waals surface area contributed by atoms with Crippen molar-refractivity contribution in [2.75, 3.05) is 24.3 Å². The van der Waals surface area contributed by atoms with Crippen molar-refractivity contribution in [3.05, 3.63) is 58.9 Å². The molecular weight excluding hydrogens is 462 g/mol. The minimum atomic E-state index is -0.131. The Morgan fingerprint density at radius 3 is 2.60 bits per heavy atom. The van der Waals surface area contributed by atoms with E-state index in [1.54, 1.807) is 12.3 Å². The zero-order chi connectivity index (χ0) is 25.3. The molecule has 0 bridgehead atoms. The van der Waals surface area contributed by atoms with Crippen molar-refractivity contribution >= 4 is 40.3 Å². The van der Waals surface area contributed by atoms with Crippen molar-refractivity contribution in [1.29, 1.82) is 0 Å². The molecule has 35 heavy (non-hydrogen) atoms. The van der Waals surface area contributed by atoms with E-state index in [4.69, 9.17) is 16.6 Å². The number of aromatic nitrogens is 3. The molecule has 9 heteroatoms. The van der Waals surface area contributed by atoms with E-state index >= 15 is 0 Å². The Bertz CT molecular complexity index is 1260. The van der Waals surface area contributed by atoms with Crippen LogP contribution < -0.4 is 10.2 Å². The quantitative estimate of drug-likeness (QED) is 0.497. The van der Waals surface area contributed by atoms with Crippen molar-refractivity contribution in [2.45, 2.75) is 52.7 Å². The van der Waals surface area contributed by atoms with Gasteiger partial charge in [-0.3, -0.25) is 14.7 Å². The highest BCUT2D eigenvalue weighted by Gasteiger charge is 2.21. The second kappa shape index (κ2) is 10.2. The van der Waals surface area contributed by atoms with E-state index in [9.17, 15) is 4.79 Å². The predicted molar refractivity (Wildman–Crippen MR) is 142 cm³/mol. The van der Waals surface area contributed by atoms with Crippen LogP contribution in [0.1, 0.15) is 45.4 Å². The summed E-state index contributed by atoms with van der Waals surface area (Å²) in [4.78, 5) is 22.0. The Labute approximate surface area is 211 Å². The third-order valence-corrected chi connectivity index (χ3v) is 6.72. The van der Waals surface area contributed by atoms with E-state index < -0.39 is 0 Å². The molecule has 0 spiro atoms. The largest absolute Gasteiger partial charge is 0.371 e. The predicted octanol–water partition coefficient (Wildman–Crippen LogP) is 5.07. The van der Waals surface area contributed by atoms with Gasteiger partial charge in [-0.15, -0.1) is 5.10 Å². The molecule has 1 aliphatic heterocycles. The number of benzene rings is 2. The van der Waals surface area contributed by atoms with E-state index in [1.807, 2.05) is 42.1 Å². The molecule has 0 unspecified atom stereocenters. The second-order valence-corrected chi connectivity index (χ2v) is 9.91. The molecule has 2 heterocycles. The van der Waals surface area contributed by atoms with Crippen LogP contribution in [0, 0.1) is 0 Å². The smallest absolute Gasteiger partial charge is 0.230 e. The van der Waals surface area contributed by atoms with E-state index in [-0.39, 0.29) is 18.4 Å². The van der Waals surface area contributed by atoms with Crippen molar-refractivity contribution in [2.24, 2.45) is 4.99 Å². The highest BCUT2D eigenvalue weighted by atomic mass is 35.5. The maximum absolute atomic E-state index is 12.7. The zero-order valence-electron chi connectivity index (χ0n) is 21.1. The topological polar surface area (TPSA) is 78.7 Å². The number of amides is 1.